The molecule has 0 radical (unpaired) electrons. The first-order valence-electron chi connectivity index (χ1n) is 10.5. The van der Waals surface area contributed by atoms with Gasteiger partial charge in [0.15, 0.2) is 5.82 Å². The Balaban J connectivity index is 1.46. The average Bonchev–Trinajstić information content (AvgIpc) is 3.18. The van der Waals surface area contributed by atoms with Gasteiger partial charge in [0.05, 0.1) is 11.7 Å². The van der Waals surface area contributed by atoms with Crippen LogP contribution >= 0.6 is 0 Å². The summed E-state index contributed by atoms with van der Waals surface area (Å²) in [6.45, 7) is 3.75. The van der Waals surface area contributed by atoms with Crippen LogP contribution in [0.4, 0.5) is 0 Å². The van der Waals surface area contributed by atoms with Crippen LogP contribution in [0.1, 0.15) is 81.4 Å². The lowest BCUT2D eigenvalue weighted by atomic mass is 9.86. The van der Waals surface area contributed by atoms with Crippen molar-refractivity contribution in [1.82, 2.24) is 19.8 Å². The van der Waals surface area contributed by atoms with Crippen LogP contribution in [0.15, 0.2) is 6.20 Å². The quantitative estimate of drug-likeness (QED) is 0.820. The molecule has 2 fully saturated rings. The zero-order chi connectivity index (χ0) is 18.8. The first-order valence-corrected chi connectivity index (χ1v) is 10.5. The van der Waals surface area contributed by atoms with Crippen molar-refractivity contribution in [1.29, 1.82) is 0 Å². The van der Waals surface area contributed by atoms with E-state index in [-0.39, 0.29) is 17.9 Å². The van der Waals surface area contributed by atoms with Crippen molar-refractivity contribution in [3.05, 3.63) is 23.3 Å². The van der Waals surface area contributed by atoms with Crippen LogP contribution in [0.2, 0.25) is 0 Å². The van der Waals surface area contributed by atoms with Crippen LogP contribution in [0.5, 0.6) is 0 Å². The zero-order valence-corrected chi connectivity index (χ0v) is 16.3. The third kappa shape index (κ3) is 3.99. The molecule has 6 heteroatoms. The summed E-state index contributed by atoms with van der Waals surface area (Å²) in [5.41, 5.74) is 2.09. The second-order valence-electron chi connectivity index (χ2n) is 8.34. The van der Waals surface area contributed by atoms with E-state index in [2.05, 4.69) is 4.98 Å². The number of carbonyl (C=O) groups excluding carboxylic acids is 2. The molecule has 1 aliphatic carbocycles. The molecular formula is C21H30N4O2. The molecule has 6 nitrogen and oxygen atoms in total. The molecule has 1 saturated heterocycles. The number of fused-ring (bicyclic) bond motifs is 1. The molecule has 3 aliphatic rings. The minimum absolute atomic E-state index is 0.0252. The monoisotopic (exact) mass is 370 g/mol. The maximum absolute atomic E-state index is 12.9. The smallest absolute Gasteiger partial charge is 0.223 e. The van der Waals surface area contributed by atoms with Gasteiger partial charge in [0.25, 0.3) is 0 Å². The molecule has 0 spiro atoms. The number of likely N-dealkylation sites (tertiary alicyclic amines) is 1. The minimum Gasteiger partial charge on any atom is -0.338 e. The van der Waals surface area contributed by atoms with Gasteiger partial charge in [-0.15, -0.1) is 0 Å². The highest BCUT2D eigenvalue weighted by Crippen LogP contribution is 2.34. The van der Waals surface area contributed by atoms with Gasteiger partial charge in [0, 0.05) is 51.2 Å². The number of hydrogen-bond donors (Lipinski definition) is 0. The topological polar surface area (TPSA) is 66.4 Å². The van der Waals surface area contributed by atoms with E-state index in [9.17, 15) is 9.59 Å². The van der Waals surface area contributed by atoms with Crippen molar-refractivity contribution in [3.63, 3.8) is 0 Å². The Morgan fingerprint density at radius 2 is 1.93 bits per heavy atom. The van der Waals surface area contributed by atoms with E-state index in [0.717, 1.165) is 42.9 Å². The summed E-state index contributed by atoms with van der Waals surface area (Å²) in [5, 5.41) is 0. The predicted molar refractivity (Wildman–Crippen MR) is 102 cm³/mol. The van der Waals surface area contributed by atoms with Crippen molar-refractivity contribution in [2.45, 2.75) is 77.3 Å². The van der Waals surface area contributed by atoms with E-state index in [1.165, 1.54) is 32.1 Å². The van der Waals surface area contributed by atoms with Crippen molar-refractivity contribution >= 4 is 11.8 Å². The Morgan fingerprint density at radius 1 is 1.11 bits per heavy atom. The summed E-state index contributed by atoms with van der Waals surface area (Å²) < 4.78 is 0. The predicted octanol–water partition coefficient (Wildman–Crippen LogP) is 3.02. The number of hydrogen-bond acceptors (Lipinski definition) is 4. The van der Waals surface area contributed by atoms with Gasteiger partial charge in [-0.05, 0) is 31.6 Å². The molecular weight excluding hydrogens is 340 g/mol. The molecule has 2 aliphatic heterocycles. The lowest BCUT2D eigenvalue weighted by molar-refractivity contribution is -0.133. The maximum Gasteiger partial charge on any atom is 0.223 e. The molecule has 2 amide bonds. The molecule has 146 valence electrons. The standard InChI is InChI=1S/C21H30N4O2/c1-15(26)24-11-9-18-17(14-24)13-22-21(23-18)19-8-5-10-25(19)20(27)12-16-6-3-2-4-7-16/h13,16,19H,2-12,14H2,1H3/t19-/m0/s1. The molecule has 0 N–H and O–H groups in total. The van der Waals surface area contributed by atoms with Crippen molar-refractivity contribution < 1.29 is 9.59 Å². The maximum atomic E-state index is 12.9. The highest BCUT2D eigenvalue weighted by Gasteiger charge is 2.33. The van der Waals surface area contributed by atoms with Crippen molar-refractivity contribution in [3.8, 4) is 0 Å². The third-order valence-corrected chi connectivity index (χ3v) is 6.46. The third-order valence-electron chi connectivity index (χ3n) is 6.46. The average molecular weight is 370 g/mol. The molecule has 0 aromatic carbocycles. The van der Waals surface area contributed by atoms with Gasteiger partial charge in [-0.2, -0.15) is 0 Å². The van der Waals surface area contributed by atoms with E-state index in [4.69, 9.17) is 4.98 Å². The van der Waals surface area contributed by atoms with E-state index in [0.29, 0.717) is 25.4 Å². The fourth-order valence-corrected chi connectivity index (χ4v) is 4.85. The van der Waals surface area contributed by atoms with Gasteiger partial charge in [-0.25, -0.2) is 9.97 Å². The summed E-state index contributed by atoms with van der Waals surface area (Å²) in [5.74, 6) is 1.74. The van der Waals surface area contributed by atoms with Crippen LogP contribution in [-0.4, -0.2) is 44.7 Å². The molecule has 0 unspecified atom stereocenters. The van der Waals surface area contributed by atoms with Gasteiger partial charge >= 0.3 is 0 Å². The number of rotatable bonds is 3. The molecule has 4 rings (SSSR count). The molecule has 1 saturated carbocycles. The Morgan fingerprint density at radius 3 is 2.70 bits per heavy atom. The normalized spacial score (nSPS) is 23.4. The van der Waals surface area contributed by atoms with E-state index >= 15 is 0 Å². The summed E-state index contributed by atoms with van der Waals surface area (Å²) in [6.07, 6.45) is 11.6. The second kappa shape index (κ2) is 7.95. The second-order valence-corrected chi connectivity index (χ2v) is 8.34. The van der Waals surface area contributed by atoms with Crippen LogP contribution in [-0.2, 0) is 22.6 Å². The van der Waals surface area contributed by atoms with Crippen LogP contribution in [0.25, 0.3) is 0 Å². The number of aromatic nitrogens is 2. The summed E-state index contributed by atoms with van der Waals surface area (Å²) in [4.78, 5) is 37.8. The summed E-state index contributed by atoms with van der Waals surface area (Å²) >= 11 is 0. The van der Waals surface area contributed by atoms with Crippen LogP contribution in [0, 0.1) is 5.92 Å². The highest BCUT2D eigenvalue weighted by atomic mass is 16.2. The number of nitrogens with zero attached hydrogens (tertiary/aromatic N) is 4. The number of carbonyl (C=O) groups is 2. The van der Waals surface area contributed by atoms with E-state index in [1.807, 2.05) is 16.0 Å². The Bertz CT molecular complexity index is 714. The Hall–Kier alpha value is -1.98. The molecule has 0 bridgehead atoms. The molecule has 27 heavy (non-hydrogen) atoms. The van der Waals surface area contributed by atoms with Gasteiger partial charge in [-0.1, -0.05) is 19.3 Å². The highest BCUT2D eigenvalue weighted by molar-refractivity contribution is 5.77. The number of amides is 2. The first kappa shape index (κ1) is 18.4. The van der Waals surface area contributed by atoms with Crippen LogP contribution in [0.3, 0.4) is 0 Å². The Kier molecular flexibility index (Phi) is 5.41. The summed E-state index contributed by atoms with van der Waals surface area (Å²) in [6, 6.07) is 0.0252. The van der Waals surface area contributed by atoms with E-state index in [1.54, 1.807) is 6.92 Å². The molecule has 1 aromatic rings. The fraction of sp³-hybridized carbons (Fsp3) is 0.714. The first-order chi connectivity index (χ1) is 13.1. The molecule has 1 atom stereocenters. The largest absolute Gasteiger partial charge is 0.338 e. The van der Waals surface area contributed by atoms with Gasteiger partial charge in [0.1, 0.15) is 0 Å². The molecule has 3 heterocycles. The minimum atomic E-state index is 0.0252. The van der Waals surface area contributed by atoms with E-state index < -0.39 is 0 Å². The SMILES string of the molecule is CC(=O)N1CCc2nc([C@@H]3CCCN3C(=O)CC3CCCCC3)ncc2C1. The van der Waals surface area contributed by atoms with Gasteiger partial charge in [-0.3, -0.25) is 9.59 Å². The zero-order valence-electron chi connectivity index (χ0n) is 16.3. The molecule has 1 aromatic heterocycles. The lowest BCUT2D eigenvalue weighted by Crippen LogP contribution is -2.36. The van der Waals surface area contributed by atoms with Gasteiger partial charge < -0.3 is 9.80 Å². The fourth-order valence-electron chi connectivity index (χ4n) is 4.85. The summed E-state index contributed by atoms with van der Waals surface area (Å²) in [7, 11) is 0. The van der Waals surface area contributed by atoms with Crippen molar-refractivity contribution in [2.24, 2.45) is 5.92 Å². The van der Waals surface area contributed by atoms with Gasteiger partial charge in [0.2, 0.25) is 11.8 Å². The lowest BCUT2D eigenvalue weighted by Gasteiger charge is -2.29. The Labute approximate surface area is 161 Å². The van der Waals surface area contributed by atoms with Crippen LogP contribution < -0.4 is 0 Å². The van der Waals surface area contributed by atoms with Crippen molar-refractivity contribution in [2.75, 3.05) is 13.1 Å².